The normalized spacial score (nSPS) is 8.24. The van der Waals surface area contributed by atoms with E-state index in [2.05, 4.69) is 0 Å². The Bertz CT molecular complexity index is 383. The van der Waals surface area contributed by atoms with Crippen molar-refractivity contribution in [1.29, 1.82) is 0 Å². The Morgan fingerprint density at radius 1 is 1.29 bits per heavy atom. The first-order valence-corrected chi connectivity index (χ1v) is 3.75. The number of halogens is 4. The van der Waals surface area contributed by atoms with Gasteiger partial charge in [0.25, 0.3) is 0 Å². The van der Waals surface area contributed by atoms with Crippen molar-refractivity contribution >= 4 is 18.7 Å². The molecule has 0 amide bonds. The summed E-state index contributed by atoms with van der Waals surface area (Å²) in [6.07, 6.45) is 0. The summed E-state index contributed by atoms with van der Waals surface area (Å²) < 4.78 is 37.5. The molecular formula is C10H12BF4O2+. The number of carboxylic acid groups (broad SMARTS) is 1. The van der Waals surface area contributed by atoms with Crippen molar-refractivity contribution in [3.8, 4) is 0 Å². The highest BCUT2D eigenvalue weighted by molar-refractivity contribution is 6.60. The number of carboxylic acids is 1. The Morgan fingerprint density at radius 3 is 2.12 bits per heavy atom. The van der Waals surface area contributed by atoms with E-state index in [1.165, 1.54) is 6.92 Å². The van der Waals surface area contributed by atoms with Crippen LogP contribution < -0.4 is 10.2 Å². The van der Waals surface area contributed by atoms with E-state index in [1.807, 2.05) is 0 Å². The van der Waals surface area contributed by atoms with Gasteiger partial charge in [0.15, 0.2) is 0 Å². The highest BCUT2D eigenvalue weighted by Crippen LogP contribution is 2.09. The monoisotopic (exact) mass is 251 g/mol. The highest BCUT2D eigenvalue weighted by Gasteiger charge is 2.24. The van der Waals surface area contributed by atoms with E-state index in [0.29, 0.717) is 6.07 Å². The van der Waals surface area contributed by atoms with Crippen molar-refractivity contribution in [2.75, 3.05) is 0 Å². The van der Waals surface area contributed by atoms with Gasteiger partial charge < -0.3 is 9.81 Å². The lowest BCUT2D eigenvalue weighted by molar-refractivity contribution is -0.0000210. The molecule has 94 valence electrons. The van der Waals surface area contributed by atoms with Gasteiger partial charge in [0.05, 0.1) is 5.56 Å². The lowest BCUT2D eigenvalue weighted by Crippen LogP contribution is -3.00. The maximum Gasteiger partial charge on any atom is 0.574 e. The fraction of sp³-hybridized carbons (Fsp3) is 0.100. The maximum absolute atomic E-state index is 13.0. The molecule has 0 bridgehead atoms. The molecule has 0 aliphatic heterocycles. The average molecular weight is 251 g/mol. The van der Waals surface area contributed by atoms with Gasteiger partial charge in [0.1, 0.15) is 5.82 Å². The van der Waals surface area contributed by atoms with E-state index >= 15 is 0 Å². The summed E-state index contributed by atoms with van der Waals surface area (Å²) in [5, 5.41) is 8.54. The van der Waals surface area contributed by atoms with Gasteiger partial charge in [-0.15, -0.1) is 0 Å². The third kappa shape index (κ3) is 4.30. The second kappa shape index (κ2) is 7.48. The molecule has 0 aromatic heterocycles. The van der Waals surface area contributed by atoms with Crippen molar-refractivity contribution in [3.63, 3.8) is 0 Å². The quantitative estimate of drug-likeness (QED) is 0.431. The van der Waals surface area contributed by atoms with Gasteiger partial charge in [-0.25, -0.2) is 9.18 Å². The third-order valence-electron chi connectivity index (χ3n) is 1.76. The predicted octanol–water partition coefficient (Wildman–Crippen LogP) is -0.629. The van der Waals surface area contributed by atoms with Crippen LogP contribution in [0.3, 0.4) is 0 Å². The van der Waals surface area contributed by atoms with E-state index in [4.69, 9.17) is 5.11 Å². The fourth-order valence-electron chi connectivity index (χ4n) is 1.08. The zero-order valence-corrected chi connectivity index (χ0v) is 9.60. The maximum atomic E-state index is 13.0. The van der Waals surface area contributed by atoms with Crippen LogP contribution in [0.2, 0.25) is 0 Å². The first-order valence-electron chi connectivity index (χ1n) is 3.75. The summed E-state index contributed by atoms with van der Waals surface area (Å²) in [5.41, 5.74) is -1.30. The molecule has 0 aliphatic carbocycles. The number of rotatable bonds is 2. The van der Waals surface area contributed by atoms with Crippen molar-refractivity contribution in [2.24, 2.45) is 0 Å². The topological polar surface area (TPSA) is 37.3 Å². The van der Waals surface area contributed by atoms with E-state index in [9.17, 15) is 17.8 Å². The molecule has 0 radical (unpaired) electrons. The minimum atomic E-state index is -3.01. The van der Waals surface area contributed by atoms with Crippen molar-refractivity contribution in [2.45, 2.75) is 6.92 Å². The molecular weight excluding hydrogens is 239 g/mol. The van der Waals surface area contributed by atoms with Crippen LogP contribution in [0.15, 0.2) is 12.1 Å². The molecule has 0 saturated heterocycles. The van der Waals surface area contributed by atoms with Crippen LogP contribution in [-0.2, 0) is 0 Å². The van der Waals surface area contributed by atoms with E-state index in [1.54, 1.807) is 0 Å². The summed E-state index contributed by atoms with van der Waals surface area (Å²) in [4.78, 5) is 10.5. The zero-order valence-electron chi connectivity index (χ0n) is 9.60. The SMILES string of the molecule is Cc1cc(C(=O)O)cc(B(F)F)c1F.[CH3+].[CH3+].[F-]. The van der Waals surface area contributed by atoms with Crippen molar-refractivity contribution in [3.05, 3.63) is 43.9 Å². The number of aromatic carboxylic acids is 1. The molecule has 0 atom stereocenters. The molecule has 0 saturated carbocycles. The predicted molar refractivity (Wildman–Crippen MR) is 58.5 cm³/mol. The molecule has 0 spiro atoms. The summed E-state index contributed by atoms with van der Waals surface area (Å²) in [7, 11) is -3.01. The van der Waals surface area contributed by atoms with Gasteiger partial charge in [-0.2, -0.15) is 0 Å². The molecule has 0 fully saturated rings. The molecule has 0 aliphatic rings. The van der Waals surface area contributed by atoms with Crippen LogP contribution in [-0.4, -0.2) is 18.3 Å². The summed E-state index contributed by atoms with van der Waals surface area (Å²) in [6.45, 7) is 1.24. The lowest BCUT2D eigenvalue weighted by atomic mass is 9.83. The van der Waals surface area contributed by atoms with Gasteiger partial charge in [0, 0.05) is 20.3 Å². The molecule has 0 heterocycles. The van der Waals surface area contributed by atoms with E-state index in [-0.39, 0.29) is 30.7 Å². The van der Waals surface area contributed by atoms with Crippen LogP contribution in [0.4, 0.5) is 13.0 Å². The second-order valence-electron chi connectivity index (χ2n) is 2.80. The number of benzene rings is 1. The van der Waals surface area contributed by atoms with Gasteiger partial charge in [-0.1, -0.05) is 0 Å². The van der Waals surface area contributed by atoms with Gasteiger partial charge in [-0.3, -0.25) is 8.63 Å². The first kappa shape index (κ1) is 20.6. The van der Waals surface area contributed by atoms with Crippen LogP contribution in [0.5, 0.6) is 0 Å². The highest BCUT2D eigenvalue weighted by atomic mass is 19.2. The zero-order chi connectivity index (χ0) is 10.9. The molecule has 0 unspecified atom stereocenters. The first-order chi connectivity index (χ1) is 6.43. The van der Waals surface area contributed by atoms with Crippen LogP contribution in [0, 0.1) is 27.6 Å². The molecule has 1 rings (SSSR count). The minimum absolute atomic E-state index is 0. The Morgan fingerprint density at radius 2 is 1.76 bits per heavy atom. The number of hydrogen-bond acceptors (Lipinski definition) is 1. The number of hydrogen-bond donors (Lipinski definition) is 1. The number of carbonyl (C=O) groups is 1. The second-order valence-corrected chi connectivity index (χ2v) is 2.80. The van der Waals surface area contributed by atoms with E-state index < -0.39 is 24.5 Å². The molecule has 1 N–H and O–H groups in total. The summed E-state index contributed by atoms with van der Waals surface area (Å²) in [5.74, 6) is -2.40. The molecule has 1 aromatic carbocycles. The third-order valence-corrected chi connectivity index (χ3v) is 1.76. The van der Waals surface area contributed by atoms with Crippen LogP contribution in [0.25, 0.3) is 0 Å². The fourth-order valence-corrected chi connectivity index (χ4v) is 1.08. The van der Waals surface area contributed by atoms with Crippen LogP contribution >= 0.6 is 0 Å². The lowest BCUT2D eigenvalue weighted by Gasteiger charge is -2.04. The van der Waals surface area contributed by atoms with Gasteiger partial charge in [0.2, 0.25) is 0 Å². The Balaban J connectivity index is -0.000000653. The summed E-state index contributed by atoms with van der Waals surface area (Å²) in [6, 6.07) is 1.67. The molecule has 2 nitrogen and oxygen atoms in total. The van der Waals surface area contributed by atoms with Gasteiger partial charge in [-0.05, 0) is 24.6 Å². The molecule has 1 aromatic rings. The minimum Gasteiger partial charge on any atom is -1.00 e. The van der Waals surface area contributed by atoms with E-state index in [0.717, 1.165) is 6.07 Å². The standard InChI is InChI=1S/C8H6BF3O2.2CH3.FH/c1-4-2-5(8(13)14)3-6(7(4)10)9(11)12;;;/h2-3H,1H3,(H,13,14);2*1H3;1H/q;2*+1;/p-1. The van der Waals surface area contributed by atoms with Crippen molar-refractivity contribution in [1.82, 2.24) is 0 Å². The van der Waals surface area contributed by atoms with Crippen LogP contribution in [0.1, 0.15) is 15.9 Å². The molecule has 17 heavy (non-hydrogen) atoms. The smallest absolute Gasteiger partial charge is 0.574 e. The Labute approximate surface area is 98.0 Å². The largest absolute Gasteiger partial charge is 1.00 e. The Hall–Kier alpha value is -1.79. The van der Waals surface area contributed by atoms with Gasteiger partial charge >= 0.3 is 13.2 Å². The Kier molecular flexibility index (Phi) is 9.07. The summed E-state index contributed by atoms with van der Waals surface area (Å²) >= 11 is 0. The molecule has 7 heteroatoms. The number of aryl methyl sites for hydroxylation is 1. The van der Waals surface area contributed by atoms with Crippen molar-refractivity contribution < 1.29 is 27.6 Å². The average Bonchev–Trinajstić information content (AvgIpc) is 2.08.